The summed E-state index contributed by atoms with van der Waals surface area (Å²) in [6, 6.07) is 3.26. The molecule has 0 aliphatic rings. The van der Waals surface area contributed by atoms with Crippen molar-refractivity contribution in [2.45, 2.75) is 26.4 Å². The zero-order valence-electron chi connectivity index (χ0n) is 10.0. The number of nitrogens with zero attached hydrogens (tertiary/aromatic N) is 1. The highest BCUT2D eigenvalue weighted by Crippen LogP contribution is 2.29. The second-order valence-electron chi connectivity index (χ2n) is 4.84. The normalized spacial score (nSPS) is 12.4. The fourth-order valence-corrected chi connectivity index (χ4v) is 2.04. The minimum absolute atomic E-state index is 0.287. The van der Waals surface area contributed by atoms with Gasteiger partial charge in [-0.15, -0.1) is 0 Å². The fraction of sp³-hybridized carbons (Fsp3) is 0.385. The SMILES string of the molecule is Cc1cn(C)c2c(F)cc(C(C)(C)O)cc12. The molecule has 0 atom stereocenters. The lowest BCUT2D eigenvalue weighted by Gasteiger charge is -2.18. The van der Waals surface area contributed by atoms with Gasteiger partial charge in [-0.2, -0.15) is 0 Å². The minimum Gasteiger partial charge on any atom is -0.386 e. The van der Waals surface area contributed by atoms with Crippen LogP contribution in [0.15, 0.2) is 18.3 Å². The van der Waals surface area contributed by atoms with Gasteiger partial charge < -0.3 is 9.67 Å². The van der Waals surface area contributed by atoms with Gasteiger partial charge in [0.2, 0.25) is 0 Å². The number of rotatable bonds is 1. The molecule has 3 heteroatoms. The lowest BCUT2D eigenvalue weighted by Crippen LogP contribution is -2.15. The van der Waals surface area contributed by atoms with Gasteiger partial charge >= 0.3 is 0 Å². The average molecular weight is 221 g/mol. The number of hydrogen-bond donors (Lipinski definition) is 1. The molecule has 0 amide bonds. The second-order valence-corrected chi connectivity index (χ2v) is 4.84. The molecule has 0 saturated carbocycles. The van der Waals surface area contributed by atoms with Crippen LogP contribution in [0.2, 0.25) is 0 Å². The van der Waals surface area contributed by atoms with Gasteiger partial charge in [0, 0.05) is 18.6 Å². The predicted molar refractivity (Wildman–Crippen MR) is 62.9 cm³/mol. The van der Waals surface area contributed by atoms with Crippen molar-refractivity contribution >= 4 is 10.9 Å². The fourth-order valence-electron chi connectivity index (χ4n) is 2.04. The standard InChI is InChI=1S/C13H16FNO/c1-8-7-15(4)12-10(8)5-9(6-11(12)14)13(2,3)16/h5-7,16H,1-4H3. The van der Waals surface area contributed by atoms with E-state index in [0.717, 1.165) is 10.9 Å². The Labute approximate surface area is 94.3 Å². The van der Waals surface area contributed by atoms with Gasteiger partial charge in [-0.25, -0.2) is 4.39 Å². The number of aromatic nitrogens is 1. The molecule has 1 N–H and O–H groups in total. The zero-order valence-corrected chi connectivity index (χ0v) is 10.0. The van der Waals surface area contributed by atoms with Crippen molar-refractivity contribution in [3.8, 4) is 0 Å². The molecule has 0 aliphatic carbocycles. The summed E-state index contributed by atoms with van der Waals surface area (Å²) in [6.07, 6.45) is 1.89. The van der Waals surface area contributed by atoms with Crippen molar-refractivity contribution in [1.82, 2.24) is 4.57 Å². The molecule has 0 spiro atoms. The number of aliphatic hydroxyl groups is 1. The van der Waals surface area contributed by atoms with Gasteiger partial charge in [-0.05, 0) is 44.0 Å². The van der Waals surface area contributed by atoms with Gasteiger partial charge in [-0.1, -0.05) is 0 Å². The molecule has 2 rings (SSSR count). The first-order valence-corrected chi connectivity index (χ1v) is 5.28. The van der Waals surface area contributed by atoms with Crippen molar-refractivity contribution in [2.75, 3.05) is 0 Å². The first-order valence-electron chi connectivity index (χ1n) is 5.28. The molecule has 0 fully saturated rings. The quantitative estimate of drug-likeness (QED) is 0.787. The maximum Gasteiger partial charge on any atom is 0.147 e. The Morgan fingerprint density at radius 1 is 1.31 bits per heavy atom. The van der Waals surface area contributed by atoms with Crippen molar-refractivity contribution < 1.29 is 9.50 Å². The van der Waals surface area contributed by atoms with E-state index in [1.54, 1.807) is 18.4 Å². The third-order valence-electron chi connectivity index (χ3n) is 2.93. The van der Waals surface area contributed by atoms with E-state index in [-0.39, 0.29) is 5.82 Å². The predicted octanol–water partition coefficient (Wildman–Crippen LogP) is 2.85. The summed E-state index contributed by atoms with van der Waals surface area (Å²) in [6.45, 7) is 5.26. The van der Waals surface area contributed by atoms with Crippen LogP contribution in [0.1, 0.15) is 25.0 Å². The Balaban J connectivity index is 2.82. The summed E-state index contributed by atoms with van der Waals surface area (Å²) < 4.78 is 15.7. The molecule has 1 heterocycles. The van der Waals surface area contributed by atoms with E-state index >= 15 is 0 Å². The molecule has 86 valence electrons. The van der Waals surface area contributed by atoms with E-state index < -0.39 is 5.60 Å². The molecule has 2 aromatic rings. The molecular weight excluding hydrogens is 205 g/mol. The average Bonchev–Trinajstić information content (AvgIpc) is 2.41. The number of fused-ring (bicyclic) bond motifs is 1. The Kier molecular flexibility index (Phi) is 2.31. The van der Waals surface area contributed by atoms with Crippen molar-refractivity contribution in [3.63, 3.8) is 0 Å². The van der Waals surface area contributed by atoms with Gasteiger partial charge in [0.1, 0.15) is 5.82 Å². The number of halogens is 1. The molecule has 16 heavy (non-hydrogen) atoms. The Bertz CT molecular complexity index is 549. The largest absolute Gasteiger partial charge is 0.386 e. The summed E-state index contributed by atoms with van der Waals surface area (Å²) in [5.41, 5.74) is 1.19. The Morgan fingerprint density at radius 2 is 1.94 bits per heavy atom. The third kappa shape index (κ3) is 1.61. The zero-order chi connectivity index (χ0) is 12.1. The maximum atomic E-state index is 13.9. The monoisotopic (exact) mass is 221 g/mol. The molecule has 1 aromatic heterocycles. The topological polar surface area (TPSA) is 25.2 Å². The van der Waals surface area contributed by atoms with Crippen molar-refractivity contribution in [3.05, 3.63) is 35.3 Å². The molecular formula is C13H16FNO. The highest BCUT2D eigenvalue weighted by atomic mass is 19.1. The number of benzene rings is 1. The second kappa shape index (κ2) is 3.32. The van der Waals surface area contributed by atoms with Gasteiger partial charge in [0.25, 0.3) is 0 Å². The van der Waals surface area contributed by atoms with E-state index in [1.165, 1.54) is 6.07 Å². The lowest BCUT2D eigenvalue weighted by molar-refractivity contribution is 0.0784. The molecule has 0 bridgehead atoms. The van der Waals surface area contributed by atoms with Crippen LogP contribution in [-0.2, 0) is 12.6 Å². The van der Waals surface area contributed by atoms with E-state index in [9.17, 15) is 9.50 Å². The summed E-state index contributed by atoms with van der Waals surface area (Å²) in [5, 5.41) is 10.8. The summed E-state index contributed by atoms with van der Waals surface area (Å²) in [7, 11) is 1.82. The molecule has 0 unspecified atom stereocenters. The third-order valence-corrected chi connectivity index (χ3v) is 2.93. The molecule has 0 aliphatic heterocycles. The minimum atomic E-state index is -1.02. The molecule has 2 nitrogen and oxygen atoms in total. The van der Waals surface area contributed by atoms with Crippen LogP contribution in [0.5, 0.6) is 0 Å². The van der Waals surface area contributed by atoms with Gasteiger partial charge in [-0.3, -0.25) is 0 Å². The Morgan fingerprint density at radius 3 is 2.50 bits per heavy atom. The smallest absolute Gasteiger partial charge is 0.147 e. The number of hydrogen-bond acceptors (Lipinski definition) is 1. The molecule has 0 saturated heterocycles. The first kappa shape index (κ1) is 11.1. The first-order chi connectivity index (χ1) is 7.30. The van der Waals surface area contributed by atoms with Crippen LogP contribution in [0.4, 0.5) is 4.39 Å². The van der Waals surface area contributed by atoms with Crippen LogP contribution in [0.3, 0.4) is 0 Å². The maximum absolute atomic E-state index is 13.9. The van der Waals surface area contributed by atoms with Crippen molar-refractivity contribution in [1.29, 1.82) is 0 Å². The highest BCUT2D eigenvalue weighted by Gasteiger charge is 2.19. The van der Waals surface area contributed by atoms with Crippen LogP contribution in [-0.4, -0.2) is 9.67 Å². The van der Waals surface area contributed by atoms with Crippen LogP contribution < -0.4 is 0 Å². The molecule has 0 radical (unpaired) electrons. The van der Waals surface area contributed by atoms with E-state index in [2.05, 4.69) is 0 Å². The van der Waals surface area contributed by atoms with Crippen LogP contribution >= 0.6 is 0 Å². The van der Waals surface area contributed by atoms with E-state index in [1.807, 2.05) is 26.2 Å². The highest BCUT2D eigenvalue weighted by molar-refractivity contribution is 5.85. The number of aryl methyl sites for hydroxylation is 2. The van der Waals surface area contributed by atoms with Crippen molar-refractivity contribution in [2.24, 2.45) is 7.05 Å². The van der Waals surface area contributed by atoms with Gasteiger partial charge in [0.05, 0.1) is 11.1 Å². The van der Waals surface area contributed by atoms with E-state index in [0.29, 0.717) is 11.1 Å². The van der Waals surface area contributed by atoms with E-state index in [4.69, 9.17) is 0 Å². The van der Waals surface area contributed by atoms with Crippen LogP contribution in [0, 0.1) is 12.7 Å². The van der Waals surface area contributed by atoms with Crippen LogP contribution in [0.25, 0.3) is 10.9 Å². The summed E-state index contributed by atoms with van der Waals surface area (Å²) >= 11 is 0. The Hall–Kier alpha value is -1.35. The summed E-state index contributed by atoms with van der Waals surface area (Å²) in [4.78, 5) is 0. The molecule has 1 aromatic carbocycles. The van der Waals surface area contributed by atoms with Gasteiger partial charge in [0.15, 0.2) is 0 Å². The summed E-state index contributed by atoms with van der Waals surface area (Å²) in [5.74, 6) is -0.287. The lowest BCUT2D eigenvalue weighted by atomic mass is 9.96.